The highest BCUT2D eigenvalue weighted by molar-refractivity contribution is 7.19. The Bertz CT molecular complexity index is 2160. The summed E-state index contributed by atoms with van der Waals surface area (Å²) in [6.45, 7) is 5.45. The Labute approximate surface area is 303 Å². The van der Waals surface area contributed by atoms with Crippen LogP contribution in [0.3, 0.4) is 0 Å². The largest absolute Gasteiger partial charge is 0.381 e. The highest BCUT2D eigenvalue weighted by Gasteiger charge is 2.45. The number of aliphatic hydroxyl groups is 1. The highest BCUT2D eigenvalue weighted by atomic mass is 32.1. The number of carbonyl (C=O) groups excluding carboxylic acids is 2. The molecule has 0 radical (unpaired) electrons. The second-order valence-corrected chi connectivity index (χ2v) is 14.8. The van der Waals surface area contributed by atoms with E-state index in [1.807, 2.05) is 42.2 Å². The van der Waals surface area contributed by atoms with Gasteiger partial charge < -0.3 is 30.3 Å². The number of anilines is 4. The number of aliphatic hydroxyl groups excluding tert-OH is 1. The summed E-state index contributed by atoms with van der Waals surface area (Å²) >= 11 is 1.09. The fourth-order valence-corrected chi connectivity index (χ4v) is 8.60. The average molecular weight is 722 g/mol. The van der Waals surface area contributed by atoms with E-state index >= 15 is 4.39 Å². The van der Waals surface area contributed by atoms with Crippen molar-refractivity contribution in [2.45, 2.75) is 32.4 Å². The summed E-state index contributed by atoms with van der Waals surface area (Å²) in [6.07, 6.45) is 3.01. The molecule has 3 aliphatic rings. The molecule has 2 amide bonds. The molecule has 3 aromatic carbocycles. The minimum Gasteiger partial charge on any atom is -0.381 e. The zero-order chi connectivity index (χ0) is 36.0. The van der Waals surface area contributed by atoms with Crippen LogP contribution < -0.4 is 20.4 Å². The Morgan fingerprint density at radius 2 is 1.65 bits per heavy atom. The molecule has 0 bridgehead atoms. The predicted molar refractivity (Wildman–Crippen MR) is 198 cm³/mol. The molecule has 9 nitrogen and oxygen atoms in total. The Morgan fingerprint density at radius 1 is 0.942 bits per heavy atom. The van der Waals surface area contributed by atoms with Gasteiger partial charge in [-0.15, -0.1) is 11.3 Å². The number of ether oxygens (including phenoxy) is 1. The molecule has 5 heterocycles. The van der Waals surface area contributed by atoms with Gasteiger partial charge in [0, 0.05) is 77.4 Å². The van der Waals surface area contributed by atoms with Crippen LogP contribution >= 0.6 is 11.3 Å². The maximum Gasteiger partial charge on any atom is 0.259 e. The fraction of sp³-hybridized carbons (Fsp3) is 0.275. The maximum absolute atomic E-state index is 15.9. The number of nitrogens with one attached hydrogen (secondary N) is 2. The van der Waals surface area contributed by atoms with Crippen molar-refractivity contribution in [3.63, 3.8) is 0 Å². The lowest BCUT2D eigenvalue weighted by molar-refractivity contribution is -0.000510. The van der Waals surface area contributed by atoms with Gasteiger partial charge in [-0.3, -0.25) is 9.59 Å². The highest BCUT2D eigenvalue weighted by Crippen LogP contribution is 2.47. The van der Waals surface area contributed by atoms with Gasteiger partial charge in [0.15, 0.2) is 12.0 Å². The second kappa shape index (κ2) is 13.8. The molecule has 3 N–H and O–H groups in total. The van der Waals surface area contributed by atoms with Gasteiger partial charge in [-0.1, -0.05) is 42.5 Å². The van der Waals surface area contributed by atoms with E-state index in [9.17, 15) is 19.1 Å². The molecule has 0 aliphatic carbocycles. The minimum atomic E-state index is -1.07. The number of halogens is 2. The lowest BCUT2D eigenvalue weighted by atomic mass is 9.73. The van der Waals surface area contributed by atoms with Crippen LogP contribution in [-0.2, 0) is 11.2 Å². The lowest BCUT2D eigenvalue weighted by Crippen LogP contribution is -2.59. The van der Waals surface area contributed by atoms with Crippen LogP contribution in [0.15, 0.2) is 85.1 Å². The van der Waals surface area contributed by atoms with E-state index in [4.69, 9.17) is 4.74 Å². The molecule has 2 saturated heterocycles. The second-order valence-electron chi connectivity index (χ2n) is 13.7. The number of carbonyl (C=O) groups is 2. The number of fused-ring (bicyclic) bond motifs is 3. The van der Waals surface area contributed by atoms with E-state index in [0.717, 1.165) is 56.0 Å². The summed E-state index contributed by atoms with van der Waals surface area (Å²) in [5.74, 6) is -1.57. The maximum atomic E-state index is 15.9. The molecule has 12 heteroatoms. The quantitative estimate of drug-likeness (QED) is 0.159. The summed E-state index contributed by atoms with van der Waals surface area (Å²) in [5.41, 5.74) is 4.46. The van der Waals surface area contributed by atoms with Crippen LogP contribution in [0.2, 0.25) is 0 Å². The van der Waals surface area contributed by atoms with Crippen molar-refractivity contribution in [2.24, 2.45) is 5.41 Å². The smallest absolute Gasteiger partial charge is 0.259 e. The van der Waals surface area contributed by atoms with E-state index in [-0.39, 0.29) is 34.9 Å². The normalized spacial score (nSPS) is 16.7. The van der Waals surface area contributed by atoms with Crippen molar-refractivity contribution in [1.29, 1.82) is 0 Å². The zero-order valence-corrected chi connectivity index (χ0v) is 29.3. The molecule has 52 heavy (non-hydrogen) atoms. The molecule has 2 aromatic heterocycles. The molecule has 1 spiro atoms. The van der Waals surface area contributed by atoms with Crippen LogP contribution in [0, 0.1) is 24.0 Å². The third-order valence-electron chi connectivity index (χ3n) is 10.3. The first-order valence-corrected chi connectivity index (χ1v) is 18.1. The number of rotatable bonds is 7. The zero-order valence-electron chi connectivity index (χ0n) is 28.5. The first-order valence-electron chi connectivity index (χ1n) is 17.3. The molecular weight excluding hydrogens is 685 g/mol. The van der Waals surface area contributed by atoms with Crippen LogP contribution in [0.1, 0.15) is 56.5 Å². The molecule has 1 atom stereocenters. The van der Waals surface area contributed by atoms with Crippen LogP contribution in [0.25, 0.3) is 10.4 Å². The van der Waals surface area contributed by atoms with Gasteiger partial charge >= 0.3 is 0 Å². The van der Waals surface area contributed by atoms with Crippen molar-refractivity contribution < 1.29 is 28.2 Å². The number of aryl methyl sites for hydroxylation is 1. The molecule has 266 valence electrons. The van der Waals surface area contributed by atoms with Gasteiger partial charge in [-0.05, 0) is 68.1 Å². The molecular formula is C40H37F2N5O4S. The van der Waals surface area contributed by atoms with Gasteiger partial charge in [-0.25, -0.2) is 13.8 Å². The van der Waals surface area contributed by atoms with Gasteiger partial charge in [0.25, 0.3) is 11.8 Å². The predicted octanol–water partition coefficient (Wildman–Crippen LogP) is 7.57. The molecule has 2 fully saturated rings. The van der Waals surface area contributed by atoms with Crippen molar-refractivity contribution in [2.75, 3.05) is 53.3 Å². The van der Waals surface area contributed by atoms with E-state index in [1.54, 1.807) is 36.5 Å². The first-order chi connectivity index (χ1) is 25.2. The van der Waals surface area contributed by atoms with Crippen LogP contribution in [0.4, 0.5) is 31.0 Å². The van der Waals surface area contributed by atoms with Crippen molar-refractivity contribution in [1.82, 2.24) is 4.98 Å². The third kappa shape index (κ3) is 6.31. The summed E-state index contributed by atoms with van der Waals surface area (Å²) in [4.78, 5) is 35.7. The first kappa shape index (κ1) is 33.9. The van der Waals surface area contributed by atoms with E-state index < -0.39 is 23.8 Å². The Kier molecular flexibility index (Phi) is 8.98. The topological polar surface area (TPSA) is 107 Å². The number of hydrogen-bond acceptors (Lipinski definition) is 8. The molecule has 0 saturated carbocycles. The number of pyridine rings is 1. The number of thiophene rings is 1. The van der Waals surface area contributed by atoms with E-state index in [2.05, 4.69) is 20.5 Å². The number of amides is 2. The van der Waals surface area contributed by atoms with Gasteiger partial charge in [0.2, 0.25) is 0 Å². The molecule has 5 aromatic rings. The van der Waals surface area contributed by atoms with E-state index in [1.165, 1.54) is 18.2 Å². The fourth-order valence-electron chi connectivity index (χ4n) is 7.44. The van der Waals surface area contributed by atoms with Crippen LogP contribution in [0.5, 0.6) is 0 Å². The van der Waals surface area contributed by atoms with Gasteiger partial charge in [0.05, 0.1) is 11.1 Å². The standard InChI is InChI=1S/C40H37F2N5O4S/c1-24-20-30(35(43-21-24)46-22-40(23-46)15-18-51-19-16-40)37(49)44-26-12-10-25(11-13-26)39(50)47-17-14-29-33(42)38(45-36(48)27-6-2-4-8-31(27)41)52-34(29)28-7-3-5-9-32(28)47/h2-13,20-21,39,50H,14-19,22-23H2,1H3,(H,44,49)(H,45,48). The number of benzene rings is 3. The summed E-state index contributed by atoms with van der Waals surface area (Å²) in [7, 11) is 0. The SMILES string of the molecule is Cc1cnc(N2CC3(CCOCC3)C2)c(C(=O)Nc2ccc(C(O)N3CCc4c(sc(NC(=O)c5ccccc5F)c4F)-c4ccccc43)cc2)c1. The minimum absolute atomic E-state index is 0.0152. The Hall–Kier alpha value is -5.17. The van der Waals surface area contributed by atoms with Crippen molar-refractivity contribution in [3.05, 3.63) is 125 Å². The Morgan fingerprint density at radius 3 is 2.42 bits per heavy atom. The van der Waals surface area contributed by atoms with Crippen LogP contribution in [-0.4, -0.2) is 54.8 Å². The number of aromatic nitrogens is 1. The number of nitrogens with zero attached hydrogens (tertiary/aromatic N) is 3. The summed E-state index contributed by atoms with van der Waals surface area (Å²) in [6, 6.07) is 21.9. The van der Waals surface area contributed by atoms with Crippen molar-refractivity contribution >= 4 is 45.3 Å². The molecule has 3 aliphatic heterocycles. The Balaban J connectivity index is 0.983. The van der Waals surface area contributed by atoms with Crippen molar-refractivity contribution in [3.8, 4) is 10.4 Å². The third-order valence-corrected chi connectivity index (χ3v) is 11.4. The van der Waals surface area contributed by atoms with Gasteiger partial charge in [-0.2, -0.15) is 0 Å². The number of para-hydroxylation sites is 1. The average Bonchev–Trinajstić information content (AvgIpc) is 3.35. The summed E-state index contributed by atoms with van der Waals surface area (Å²) in [5, 5.41) is 17.3. The van der Waals surface area contributed by atoms with Gasteiger partial charge in [0.1, 0.15) is 16.6 Å². The summed E-state index contributed by atoms with van der Waals surface area (Å²) < 4.78 is 35.7. The van der Waals surface area contributed by atoms with E-state index in [0.29, 0.717) is 44.3 Å². The lowest BCUT2D eigenvalue weighted by Gasteiger charge is -2.53. The molecule has 8 rings (SSSR count). The monoisotopic (exact) mass is 721 g/mol. The molecule has 1 unspecified atom stereocenters. The number of hydrogen-bond donors (Lipinski definition) is 3.